The number of thiophene rings is 1. The minimum absolute atomic E-state index is 0.170. The molecule has 0 aliphatic carbocycles. The molecule has 2 aromatic heterocycles. The molecule has 7 nitrogen and oxygen atoms in total. The van der Waals surface area contributed by atoms with Crippen LogP contribution in [0, 0.1) is 0 Å². The molecule has 0 bridgehead atoms. The van der Waals surface area contributed by atoms with Crippen molar-refractivity contribution in [1.82, 2.24) is 10.2 Å². The van der Waals surface area contributed by atoms with E-state index < -0.39 is 0 Å². The van der Waals surface area contributed by atoms with Crippen molar-refractivity contribution in [3.8, 4) is 0 Å². The average Bonchev–Trinajstić information content (AvgIpc) is 3.46. The van der Waals surface area contributed by atoms with E-state index in [2.05, 4.69) is 27.7 Å². The normalized spacial score (nSPS) is 14.4. The Labute approximate surface area is 178 Å². The molecule has 3 heterocycles. The van der Waals surface area contributed by atoms with Crippen molar-refractivity contribution in [3.05, 3.63) is 76.6 Å². The maximum absolute atomic E-state index is 12.4. The first-order valence-electron chi connectivity index (χ1n) is 9.78. The van der Waals surface area contributed by atoms with E-state index >= 15 is 0 Å². The lowest BCUT2D eigenvalue weighted by atomic mass is 10.1. The molecule has 1 fully saturated rings. The number of carbonyl (C=O) groups excluding carboxylic acids is 2. The van der Waals surface area contributed by atoms with Crippen LogP contribution in [-0.4, -0.2) is 43.0 Å². The lowest BCUT2D eigenvalue weighted by Crippen LogP contribution is -2.35. The smallest absolute Gasteiger partial charge is 0.291 e. The Hall–Kier alpha value is -2.94. The highest BCUT2D eigenvalue weighted by atomic mass is 32.1. The van der Waals surface area contributed by atoms with Crippen molar-refractivity contribution in [2.75, 3.05) is 31.6 Å². The zero-order chi connectivity index (χ0) is 20.8. The maximum atomic E-state index is 12.4. The number of anilines is 1. The maximum Gasteiger partial charge on any atom is 0.291 e. The molecule has 8 heteroatoms. The number of hydrogen-bond acceptors (Lipinski definition) is 6. The first-order chi connectivity index (χ1) is 14.7. The van der Waals surface area contributed by atoms with Crippen LogP contribution in [0.2, 0.25) is 0 Å². The summed E-state index contributed by atoms with van der Waals surface area (Å²) in [6, 6.07) is 14.9. The van der Waals surface area contributed by atoms with Crippen LogP contribution < -0.4 is 10.6 Å². The molecule has 0 saturated carbocycles. The number of furan rings is 1. The molecule has 0 spiro atoms. The molecule has 3 aromatic rings. The lowest BCUT2D eigenvalue weighted by Gasteiger charge is -2.26. The first kappa shape index (κ1) is 20.3. The molecule has 0 radical (unpaired) electrons. The Bertz CT molecular complexity index is 976. The second-order valence-electron chi connectivity index (χ2n) is 6.98. The van der Waals surface area contributed by atoms with E-state index in [-0.39, 0.29) is 17.6 Å². The van der Waals surface area contributed by atoms with Crippen LogP contribution in [0.25, 0.3) is 0 Å². The van der Waals surface area contributed by atoms with Gasteiger partial charge in [-0.2, -0.15) is 0 Å². The van der Waals surface area contributed by atoms with Gasteiger partial charge in [-0.25, -0.2) is 0 Å². The van der Waals surface area contributed by atoms with Gasteiger partial charge in [0.05, 0.1) is 29.4 Å². The fraction of sp³-hybridized carbons (Fsp3) is 0.273. The highest BCUT2D eigenvalue weighted by Gasteiger charge is 2.14. The number of benzene rings is 1. The second-order valence-corrected chi connectivity index (χ2v) is 8.07. The Kier molecular flexibility index (Phi) is 6.58. The van der Waals surface area contributed by atoms with E-state index in [0.29, 0.717) is 16.4 Å². The molecule has 1 aromatic carbocycles. The first-order valence-corrected chi connectivity index (χ1v) is 10.6. The van der Waals surface area contributed by atoms with Gasteiger partial charge >= 0.3 is 0 Å². The summed E-state index contributed by atoms with van der Waals surface area (Å²) >= 11 is 1.22. The van der Waals surface area contributed by atoms with Gasteiger partial charge < -0.3 is 19.8 Å². The van der Waals surface area contributed by atoms with Gasteiger partial charge in [0.25, 0.3) is 11.8 Å². The number of rotatable bonds is 7. The summed E-state index contributed by atoms with van der Waals surface area (Å²) in [6.45, 7) is 4.87. The number of morpholine rings is 1. The summed E-state index contributed by atoms with van der Waals surface area (Å²) < 4.78 is 10.4. The zero-order valence-corrected chi connectivity index (χ0v) is 17.2. The van der Waals surface area contributed by atoms with Gasteiger partial charge in [0.1, 0.15) is 0 Å². The number of ether oxygens (including phenoxy) is 1. The number of nitrogens with one attached hydrogen (secondary N) is 2. The van der Waals surface area contributed by atoms with Crippen molar-refractivity contribution in [2.24, 2.45) is 0 Å². The largest absolute Gasteiger partial charge is 0.459 e. The Balaban J connectivity index is 1.26. The Morgan fingerprint density at radius 3 is 2.47 bits per heavy atom. The van der Waals surface area contributed by atoms with Gasteiger partial charge in [0.2, 0.25) is 0 Å². The highest BCUT2D eigenvalue weighted by Crippen LogP contribution is 2.22. The Morgan fingerprint density at radius 2 is 1.73 bits per heavy atom. The molecule has 1 aliphatic heterocycles. The number of amides is 2. The van der Waals surface area contributed by atoms with E-state index in [1.54, 1.807) is 24.3 Å². The van der Waals surface area contributed by atoms with Crippen LogP contribution in [-0.2, 0) is 17.8 Å². The topological polar surface area (TPSA) is 83.8 Å². The third kappa shape index (κ3) is 5.35. The monoisotopic (exact) mass is 425 g/mol. The molecule has 2 N–H and O–H groups in total. The van der Waals surface area contributed by atoms with Crippen LogP contribution >= 0.6 is 11.3 Å². The molecular weight excluding hydrogens is 402 g/mol. The van der Waals surface area contributed by atoms with E-state index in [0.717, 1.165) is 38.4 Å². The van der Waals surface area contributed by atoms with Crippen molar-refractivity contribution in [1.29, 1.82) is 0 Å². The highest BCUT2D eigenvalue weighted by molar-refractivity contribution is 7.18. The minimum atomic E-state index is -0.342. The van der Waals surface area contributed by atoms with Crippen molar-refractivity contribution >= 4 is 28.2 Å². The van der Waals surface area contributed by atoms with Crippen LogP contribution in [0.15, 0.2) is 59.2 Å². The second kappa shape index (κ2) is 9.71. The van der Waals surface area contributed by atoms with E-state index in [1.165, 1.54) is 23.2 Å². The zero-order valence-electron chi connectivity index (χ0n) is 16.4. The predicted molar refractivity (Wildman–Crippen MR) is 115 cm³/mol. The lowest BCUT2D eigenvalue weighted by molar-refractivity contribution is 0.0342. The summed E-state index contributed by atoms with van der Waals surface area (Å²) in [4.78, 5) is 27.3. The number of nitrogens with zero attached hydrogens (tertiary/aromatic N) is 1. The molecule has 1 saturated heterocycles. The fourth-order valence-corrected chi connectivity index (χ4v) is 3.98. The SMILES string of the molecule is O=C(Nc1ccc(C(=O)NCc2ccc(CN3CCOCC3)cc2)s1)c1ccco1. The summed E-state index contributed by atoms with van der Waals surface area (Å²) in [7, 11) is 0. The van der Waals surface area contributed by atoms with Gasteiger partial charge in [-0.1, -0.05) is 24.3 Å². The summed E-state index contributed by atoms with van der Waals surface area (Å²) in [5.74, 6) is -0.284. The van der Waals surface area contributed by atoms with Crippen molar-refractivity contribution in [2.45, 2.75) is 13.1 Å². The van der Waals surface area contributed by atoms with Gasteiger partial charge in [0.15, 0.2) is 5.76 Å². The molecule has 0 atom stereocenters. The molecule has 30 heavy (non-hydrogen) atoms. The van der Waals surface area contributed by atoms with Crippen LogP contribution in [0.1, 0.15) is 31.4 Å². The van der Waals surface area contributed by atoms with E-state index in [4.69, 9.17) is 9.15 Å². The average molecular weight is 426 g/mol. The van der Waals surface area contributed by atoms with Gasteiger partial charge in [-0.15, -0.1) is 11.3 Å². The van der Waals surface area contributed by atoms with E-state index in [9.17, 15) is 9.59 Å². The standard InChI is InChI=1S/C22H23N3O4S/c26-21(18-2-1-11-29-18)24-20-8-7-19(30-20)22(27)23-14-16-3-5-17(6-4-16)15-25-9-12-28-13-10-25/h1-8,11H,9-10,12-15H2,(H,23,27)(H,24,26). The third-order valence-corrected chi connectivity index (χ3v) is 5.80. The fourth-order valence-electron chi connectivity index (χ4n) is 3.16. The minimum Gasteiger partial charge on any atom is -0.459 e. The van der Waals surface area contributed by atoms with Crippen LogP contribution in [0.3, 0.4) is 0 Å². The summed E-state index contributed by atoms with van der Waals surface area (Å²) in [5.41, 5.74) is 2.29. The van der Waals surface area contributed by atoms with Gasteiger partial charge in [0, 0.05) is 26.2 Å². The van der Waals surface area contributed by atoms with Gasteiger partial charge in [-0.3, -0.25) is 14.5 Å². The quantitative estimate of drug-likeness (QED) is 0.607. The van der Waals surface area contributed by atoms with Crippen LogP contribution in [0.5, 0.6) is 0 Å². The Morgan fingerprint density at radius 1 is 0.967 bits per heavy atom. The third-order valence-electron chi connectivity index (χ3n) is 4.80. The molecular formula is C22H23N3O4S. The molecule has 1 aliphatic rings. The van der Waals surface area contributed by atoms with Crippen molar-refractivity contribution in [3.63, 3.8) is 0 Å². The van der Waals surface area contributed by atoms with Gasteiger partial charge in [-0.05, 0) is 35.4 Å². The summed E-state index contributed by atoms with van der Waals surface area (Å²) in [6.07, 6.45) is 1.44. The van der Waals surface area contributed by atoms with Crippen LogP contribution in [0.4, 0.5) is 5.00 Å². The van der Waals surface area contributed by atoms with Crippen molar-refractivity contribution < 1.29 is 18.7 Å². The summed E-state index contributed by atoms with van der Waals surface area (Å²) in [5, 5.41) is 6.24. The predicted octanol–water partition coefficient (Wildman–Crippen LogP) is 3.36. The number of carbonyl (C=O) groups is 2. The molecule has 0 unspecified atom stereocenters. The number of hydrogen-bond donors (Lipinski definition) is 2. The van der Waals surface area contributed by atoms with E-state index in [1.807, 2.05) is 12.1 Å². The molecule has 4 rings (SSSR count). The molecule has 2 amide bonds. The molecule has 156 valence electrons.